The molecule has 0 radical (unpaired) electrons. The Labute approximate surface area is 159 Å². The van der Waals surface area contributed by atoms with E-state index in [1.54, 1.807) is 0 Å². The molecule has 2 aliphatic heterocycles. The number of rotatable bonds is 4. The Morgan fingerprint density at radius 3 is 1.59 bits per heavy atom. The summed E-state index contributed by atoms with van der Waals surface area (Å²) in [6, 6.07) is 0. The minimum atomic E-state index is -3.71. The second-order valence-electron chi connectivity index (χ2n) is 9.42. The lowest BCUT2D eigenvalue weighted by Crippen LogP contribution is -2.53. The van der Waals surface area contributed by atoms with Crippen LogP contribution in [-0.4, -0.2) is 53.8 Å². The van der Waals surface area contributed by atoms with Crippen LogP contribution in [0.3, 0.4) is 0 Å². The maximum Gasteiger partial charge on any atom is 0.264 e. The third-order valence-electron chi connectivity index (χ3n) is 8.13. The van der Waals surface area contributed by atoms with E-state index >= 15 is 0 Å². The third kappa shape index (κ3) is 2.29. The van der Waals surface area contributed by atoms with E-state index in [-0.39, 0.29) is 35.9 Å². The van der Waals surface area contributed by atoms with Gasteiger partial charge in [0, 0.05) is 0 Å². The van der Waals surface area contributed by atoms with Crippen LogP contribution in [0.25, 0.3) is 0 Å². The fraction of sp³-hybridized carbons (Fsp3) is 0.889. The highest BCUT2D eigenvalue weighted by Gasteiger charge is 2.75. The summed E-state index contributed by atoms with van der Waals surface area (Å²) >= 11 is 0. The molecule has 0 spiro atoms. The normalized spacial score (nSPS) is 56.8. The van der Waals surface area contributed by atoms with Gasteiger partial charge >= 0.3 is 0 Å². The van der Waals surface area contributed by atoms with Gasteiger partial charge in [-0.25, -0.2) is 0 Å². The van der Waals surface area contributed by atoms with Gasteiger partial charge < -0.3 is 4.74 Å². The predicted molar refractivity (Wildman–Crippen MR) is 94.4 cm³/mol. The largest absolute Gasteiger partial charge is 0.374 e. The molecule has 6 rings (SSSR count). The fourth-order valence-electron chi connectivity index (χ4n) is 7.86. The third-order valence-corrected chi connectivity index (χ3v) is 9.28. The van der Waals surface area contributed by atoms with Crippen LogP contribution in [-0.2, 0) is 33.3 Å². The summed E-state index contributed by atoms with van der Waals surface area (Å²) in [6.45, 7) is 0. The first-order chi connectivity index (χ1) is 12.6. The van der Waals surface area contributed by atoms with E-state index in [0.717, 1.165) is 18.9 Å². The first-order valence-electron chi connectivity index (χ1n) is 9.73. The molecule has 0 aromatic heterocycles. The van der Waals surface area contributed by atoms with E-state index in [0.29, 0.717) is 23.7 Å². The number of allylic oxidation sites excluding steroid dienone is 2. The van der Waals surface area contributed by atoms with Gasteiger partial charge in [0.25, 0.3) is 20.2 Å². The van der Waals surface area contributed by atoms with Crippen molar-refractivity contribution in [3.05, 3.63) is 12.2 Å². The van der Waals surface area contributed by atoms with Gasteiger partial charge in [-0.15, -0.1) is 0 Å². The Bertz CT molecular complexity index is 853. The van der Waals surface area contributed by atoms with Crippen molar-refractivity contribution >= 4 is 20.2 Å². The standard InChI is InChI=1S/C18H24O7S2/c1-26(19,20)24-15-9-6-10(16(15)25-27(2,21)22)14-13(9)17-11-7-3-4-8(5-7)12(11)18(14)23-17/h3-4,7-18H,5-6H2,1-2H3. The molecule has 12 atom stereocenters. The highest BCUT2D eigenvalue weighted by atomic mass is 32.2. The Morgan fingerprint density at radius 1 is 0.741 bits per heavy atom. The first kappa shape index (κ1) is 17.4. The quantitative estimate of drug-likeness (QED) is 0.493. The Kier molecular flexibility index (Phi) is 3.32. The SMILES string of the molecule is CS(=O)(=O)OC1C2CC(C1OS(C)(=O)=O)C1C3OC(C4C5C=CC(C5)C34)C21. The minimum absolute atomic E-state index is 0.0273. The maximum atomic E-state index is 11.8. The molecular weight excluding hydrogens is 392 g/mol. The second-order valence-corrected chi connectivity index (χ2v) is 12.6. The minimum Gasteiger partial charge on any atom is -0.374 e. The first-order valence-corrected chi connectivity index (χ1v) is 13.4. The van der Waals surface area contributed by atoms with Crippen molar-refractivity contribution in [2.45, 2.75) is 37.3 Å². The molecule has 27 heavy (non-hydrogen) atoms. The molecule has 5 fully saturated rings. The smallest absolute Gasteiger partial charge is 0.264 e. The molecule has 150 valence electrons. The Morgan fingerprint density at radius 2 is 1.19 bits per heavy atom. The summed E-state index contributed by atoms with van der Waals surface area (Å²) in [4.78, 5) is 0. The molecule has 7 nitrogen and oxygen atoms in total. The fourth-order valence-corrected chi connectivity index (χ4v) is 9.17. The van der Waals surface area contributed by atoms with E-state index < -0.39 is 32.4 Å². The number of ether oxygens (including phenoxy) is 1. The molecule has 0 amide bonds. The van der Waals surface area contributed by atoms with Crippen molar-refractivity contribution in [2.75, 3.05) is 12.5 Å². The van der Waals surface area contributed by atoms with E-state index in [9.17, 15) is 16.8 Å². The van der Waals surface area contributed by atoms with Crippen LogP contribution in [0.4, 0.5) is 0 Å². The van der Waals surface area contributed by atoms with Gasteiger partial charge in [0.15, 0.2) is 0 Å². The van der Waals surface area contributed by atoms with Crippen molar-refractivity contribution in [3.63, 3.8) is 0 Å². The van der Waals surface area contributed by atoms with Gasteiger partial charge in [-0.2, -0.15) is 16.8 Å². The molecule has 9 heteroatoms. The number of hydrogen-bond donors (Lipinski definition) is 0. The summed E-state index contributed by atoms with van der Waals surface area (Å²) < 4.78 is 64.6. The van der Waals surface area contributed by atoms with Crippen LogP contribution in [0.2, 0.25) is 0 Å². The molecule has 0 aromatic rings. The molecule has 12 unspecified atom stereocenters. The summed E-state index contributed by atoms with van der Waals surface area (Å²) in [7, 11) is -7.43. The summed E-state index contributed by atoms with van der Waals surface area (Å²) in [6.07, 6.45) is 7.46. The van der Waals surface area contributed by atoms with Gasteiger partial charge in [-0.3, -0.25) is 8.37 Å². The number of fused-ring (bicyclic) bond motifs is 16. The lowest BCUT2D eigenvalue weighted by molar-refractivity contribution is -0.0405. The molecule has 2 saturated heterocycles. The zero-order valence-electron chi connectivity index (χ0n) is 15.2. The predicted octanol–water partition coefficient (Wildman–Crippen LogP) is 0.777. The average Bonchev–Trinajstić information content (AvgIpc) is 3.32. The Hall–Kier alpha value is -0.480. The van der Waals surface area contributed by atoms with Crippen LogP contribution in [0.15, 0.2) is 12.2 Å². The van der Waals surface area contributed by atoms with Crippen LogP contribution in [0, 0.1) is 47.3 Å². The van der Waals surface area contributed by atoms with E-state index in [2.05, 4.69) is 12.2 Å². The zero-order chi connectivity index (χ0) is 18.9. The molecular formula is C18H24O7S2. The molecule has 0 N–H and O–H groups in total. The van der Waals surface area contributed by atoms with E-state index in [1.807, 2.05) is 0 Å². The zero-order valence-corrected chi connectivity index (χ0v) is 16.8. The van der Waals surface area contributed by atoms with Crippen molar-refractivity contribution in [3.8, 4) is 0 Å². The van der Waals surface area contributed by atoms with Crippen LogP contribution in [0.1, 0.15) is 12.8 Å². The molecule has 6 bridgehead atoms. The molecule has 4 aliphatic carbocycles. The molecule has 2 heterocycles. The summed E-state index contributed by atoms with van der Waals surface area (Å²) in [5, 5.41) is 0. The van der Waals surface area contributed by atoms with Crippen LogP contribution < -0.4 is 0 Å². The monoisotopic (exact) mass is 416 g/mol. The maximum absolute atomic E-state index is 11.8. The van der Waals surface area contributed by atoms with Crippen molar-refractivity contribution in [2.24, 2.45) is 47.3 Å². The van der Waals surface area contributed by atoms with Gasteiger partial charge in [0.05, 0.1) is 24.7 Å². The second kappa shape index (κ2) is 5.16. The van der Waals surface area contributed by atoms with Crippen molar-refractivity contribution in [1.82, 2.24) is 0 Å². The molecule has 3 saturated carbocycles. The topological polar surface area (TPSA) is 96.0 Å². The molecule has 6 aliphatic rings. The van der Waals surface area contributed by atoms with Gasteiger partial charge in [0.1, 0.15) is 12.2 Å². The lowest BCUT2D eigenvalue weighted by Gasteiger charge is -2.44. The highest BCUT2D eigenvalue weighted by Crippen LogP contribution is 2.71. The van der Waals surface area contributed by atoms with E-state index in [1.165, 1.54) is 6.42 Å². The van der Waals surface area contributed by atoms with E-state index in [4.69, 9.17) is 13.1 Å². The highest BCUT2D eigenvalue weighted by molar-refractivity contribution is 7.86. The van der Waals surface area contributed by atoms with Gasteiger partial charge in [0.2, 0.25) is 0 Å². The Balaban J connectivity index is 1.37. The summed E-state index contributed by atoms with van der Waals surface area (Å²) in [5.41, 5.74) is 0. The van der Waals surface area contributed by atoms with Crippen LogP contribution >= 0.6 is 0 Å². The van der Waals surface area contributed by atoms with Crippen LogP contribution in [0.5, 0.6) is 0 Å². The lowest BCUT2D eigenvalue weighted by atomic mass is 9.60. The number of hydrogen-bond acceptors (Lipinski definition) is 7. The van der Waals surface area contributed by atoms with Gasteiger partial charge in [-0.1, -0.05) is 12.2 Å². The average molecular weight is 417 g/mol. The van der Waals surface area contributed by atoms with Crippen molar-refractivity contribution < 1.29 is 29.9 Å². The molecule has 0 aromatic carbocycles. The van der Waals surface area contributed by atoms with Gasteiger partial charge in [-0.05, 0) is 60.2 Å². The summed E-state index contributed by atoms with van der Waals surface area (Å²) in [5.74, 6) is 2.65. The van der Waals surface area contributed by atoms with Crippen molar-refractivity contribution in [1.29, 1.82) is 0 Å².